The third-order valence-electron chi connectivity index (χ3n) is 5.07. The molecular formula is C21H26N2O4. The van der Waals surface area contributed by atoms with Gasteiger partial charge in [0.1, 0.15) is 5.75 Å². The van der Waals surface area contributed by atoms with Gasteiger partial charge in [-0.1, -0.05) is 30.3 Å². The van der Waals surface area contributed by atoms with Gasteiger partial charge >= 0.3 is 6.03 Å². The molecule has 3 rings (SSSR count). The van der Waals surface area contributed by atoms with Gasteiger partial charge in [0.2, 0.25) is 0 Å². The summed E-state index contributed by atoms with van der Waals surface area (Å²) in [7, 11) is 1.63. The number of likely N-dealkylation sites (tertiary alicyclic amines) is 1. The Morgan fingerprint density at radius 1 is 1.15 bits per heavy atom. The number of aliphatic hydroxyl groups is 2. The molecule has 0 spiro atoms. The molecule has 0 unspecified atom stereocenters. The smallest absolute Gasteiger partial charge is 0.321 e. The van der Waals surface area contributed by atoms with Crippen molar-refractivity contribution in [1.29, 1.82) is 0 Å². The van der Waals surface area contributed by atoms with Crippen molar-refractivity contribution in [2.24, 2.45) is 0 Å². The van der Waals surface area contributed by atoms with E-state index in [1.54, 1.807) is 12.0 Å². The fourth-order valence-corrected chi connectivity index (χ4v) is 3.35. The first-order chi connectivity index (χ1) is 13.0. The lowest BCUT2D eigenvalue weighted by molar-refractivity contribution is -0.0247. The number of nitrogens with one attached hydrogen (secondary N) is 1. The van der Waals surface area contributed by atoms with Gasteiger partial charge in [-0.05, 0) is 43.0 Å². The Balaban J connectivity index is 1.74. The molecule has 144 valence electrons. The quantitative estimate of drug-likeness (QED) is 0.772. The molecule has 6 heteroatoms. The Morgan fingerprint density at radius 2 is 1.89 bits per heavy atom. The van der Waals surface area contributed by atoms with Gasteiger partial charge in [-0.25, -0.2) is 4.79 Å². The molecule has 27 heavy (non-hydrogen) atoms. The second-order valence-electron chi connectivity index (χ2n) is 6.93. The highest BCUT2D eigenvalue weighted by molar-refractivity contribution is 5.94. The van der Waals surface area contributed by atoms with Crippen LogP contribution in [-0.2, 0) is 0 Å². The zero-order valence-electron chi connectivity index (χ0n) is 15.5. The molecule has 1 atom stereocenters. The fourth-order valence-electron chi connectivity index (χ4n) is 3.35. The minimum atomic E-state index is -1.09. The van der Waals surface area contributed by atoms with Gasteiger partial charge in [-0.15, -0.1) is 0 Å². The largest absolute Gasteiger partial charge is 0.497 e. The highest BCUT2D eigenvalue weighted by Crippen LogP contribution is 2.30. The lowest BCUT2D eigenvalue weighted by atomic mass is 9.96. The Bertz CT molecular complexity index is 778. The first-order valence-electron chi connectivity index (χ1n) is 9.17. The Morgan fingerprint density at radius 3 is 2.59 bits per heavy atom. The topological polar surface area (TPSA) is 82.0 Å². The molecule has 0 radical (unpaired) electrons. The summed E-state index contributed by atoms with van der Waals surface area (Å²) in [4.78, 5) is 14.4. The van der Waals surface area contributed by atoms with E-state index in [-0.39, 0.29) is 12.6 Å². The lowest BCUT2D eigenvalue weighted by Crippen LogP contribution is -2.38. The number of hydrogen-bond donors (Lipinski definition) is 3. The van der Waals surface area contributed by atoms with Crippen LogP contribution in [0.15, 0.2) is 48.5 Å². The molecule has 2 aromatic rings. The standard InChI is InChI=1S/C21H26N2O4/c1-27-17-9-7-16(8-10-17)18-5-2-3-6-19(18)22-20(25)23-13-4-11-21(26,15-24)12-14-23/h2-3,5-10,24,26H,4,11-15H2,1H3,(H,22,25)/t21-/m0/s1. The number of anilines is 1. The maximum Gasteiger partial charge on any atom is 0.321 e. The van der Waals surface area contributed by atoms with Crippen molar-refractivity contribution < 1.29 is 19.7 Å². The summed E-state index contributed by atoms with van der Waals surface area (Å²) in [6.07, 6.45) is 1.53. The first kappa shape index (κ1) is 19.2. The molecule has 1 saturated heterocycles. The van der Waals surface area contributed by atoms with E-state index in [0.717, 1.165) is 22.6 Å². The van der Waals surface area contributed by atoms with E-state index in [2.05, 4.69) is 5.32 Å². The molecule has 6 nitrogen and oxygen atoms in total. The van der Waals surface area contributed by atoms with Crippen molar-refractivity contribution >= 4 is 11.7 Å². The number of benzene rings is 2. The van der Waals surface area contributed by atoms with Gasteiger partial charge < -0.3 is 25.2 Å². The molecule has 2 amide bonds. The van der Waals surface area contributed by atoms with E-state index in [4.69, 9.17) is 4.74 Å². The number of amides is 2. The third kappa shape index (κ3) is 4.59. The molecule has 0 saturated carbocycles. The number of hydrogen-bond acceptors (Lipinski definition) is 4. The molecule has 1 heterocycles. The second-order valence-corrected chi connectivity index (χ2v) is 6.93. The molecular weight excluding hydrogens is 344 g/mol. The van der Waals surface area contributed by atoms with Crippen LogP contribution in [0.4, 0.5) is 10.5 Å². The Labute approximate surface area is 159 Å². The van der Waals surface area contributed by atoms with E-state index in [0.29, 0.717) is 32.4 Å². The van der Waals surface area contributed by atoms with Gasteiger partial charge in [0, 0.05) is 18.7 Å². The number of nitrogens with zero attached hydrogens (tertiary/aromatic N) is 1. The number of carbonyl (C=O) groups excluding carboxylic acids is 1. The number of carbonyl (C=O) groups is 1. The van der Waals surface area contributed by atoms with Gasteiger partial charge in [0.25, 0.3) is 0 Å². The number of rotatable bonds is 4. The third-order valence-corrected chi connectivity index (χ3v) is 5.07. The van der Waals surface area contributed by atoms with Crippen LogP contribution in [0.2, 0.25) is 0 Å². The Kier molecular flexibility index (Phi) is 5.98. The summed E-state index contributed by atoms with van der Waals surface area (Å²) in [5.74, 6) is 0.779. The first-order valence-corrected chi connectivity index (χ1v) is 9.17. The van der Waals surface area contributed by atoms with Gasteiger partial charge in [-0.2, -0.15) is 0 Å². The molecule has 1 aliphatic rings. The lowest BCUT2D eigenvalue weighted by Gasteiger charge is -2.25. The predicted octanol–water partition coefficient (Wildman–Crippen LogP) is 3.10. The molecule has 3 N–H and O–H groups in total. The summed E-state index contributed by atoms with van der Waals surface area (Å²) in [6.45, 7) is 0.690. The maximum atomic E-state index is 12.8. The van der Waals surface area contributed by atoms with Crippen LogP contribution in [0.1, 0.15) is 19.3 Å². The normalized spacial score (nSPS) is 20.0. The number of para-hydroxylation sites is 1. The maximum absolute atomic E-state index is 12.8. The van der Waals surface area contributed by atoms with E-state index >= 15 is 0 Å². The molecule has 0 aromatic heterocycles. The van der Waals surface area contributed by atoms with Crippen LogP contribution in [0.3, 0.4) is 0 Å². The second kappa shape index (κ2) is 8.41. The molecule has 2 aromatic carbocycles. The number of urea groups is 1. The summed E-state index contributed by atoms with van der Waals surface area (Å²) in [5.41, 5.74) is 1.55. The summed E-state index contributed by atoms with van der Waals surface area (Å²) < 4.78 is 5.20. The SMILES string of the molecule is COc1ccc(-c2ccccc2NC(=O)N2CCC[C@@](O)(CO)CC2)cc1. The summed E-state index contributed by atoms with van der Waals surface area (Å²) >= 11 is 0. The molecule has 0 aliphatic carbocycles. The van der Waals surface area contributed by atoms with Gasteiger partial charge in [-0.3, -0.25) is 0 Å². The van der Waals surface area contributed by atoms with Crippen LogP contribution in [0.25, 0.3) is 11.1 Å². The van der Waals surface area contributed by atoms with Crippen LogP contribution in [0, 0.1) is 0 Å². The van der Waals surface area contributed by atoms with Crippen LogP contribution >= 0.6 is 0 Å². The van der Waals surface area contributed by atoms with Crippen LogP contribution in [0.5, 0.6) is 5.75 Å². The summed E-state index contributed by atoms with van der Waals surface area (Å²) in [6, 6.07) is 15.1. The Hall–Kier alpha value is -2.57. The van der Waals surface area contributed by atoms with Crippen molar-refractivity contribution in [2.45, 2.75) is 24.9 Å². The van der Waals surface area contributed by atoms with E-state index in [1.807, 2.05) is 48.5 Å². The number of ether oxygens (including phenoxy) is 1. The van der Waals surface area contributed by atoms with Crippen molar-refractivity contribution in [3.05, 3.63) is 48.5 Å². The van der Waals surface area contributed by atoms with Crippen LogP contribution in [-0.4, -0.2) is 53.6 Å². The van der Waals surface area contributed by atoms with E-state index < -0.39 is 5.60 Å². The van der Waals surface area contributed by atoms with Crippen LogP contribution < -0.4 is 10.1 Å². The highest BCUT2D eigenvalue weighted by atomic mass is 16.5. The van der Waals surface area contributed by atoms with Gasteiger partial charge in [0.05, 0.1) is 25.0 Å². The highest BCUT2D eigenvalue weighted by Gasteiger charge is 2.30. The minimum Gasteiger partial charge on any atom is -0.497 e. The van der Waals surface area contributed by atoms with E-state index in [9.17, 15) is 15.0 Å². The summed E-state index contributed by atoms with van der Waals surface area (Å²) in [5, 5.41) is 22.6. The number of aliphatic hydroxyl groups excluding tert-OH is 1. The van der Waals surface area contributed by atoms with Gasteiger partial charge in [0.15, 0.2) is 0 Å². The fraction of sp³-hybridized carbons (Fsp3) is 0.381. The van der Waals surface area contributed by atoms with Crippen molar-refractivity contribution in [3.8, 4) is 16.9 Å². The minimum absolute atomic E-state index is 0.196. The van der Waals surface area contributed by atoms with Crippen molar-refractivity contribution in [3.63, 3.8) is 0 Å². The molecule has 1 aliphatic heterocycles. The average molecular weight is 370 g/mol. The monoisotopic (exact) mass is 370 g/mol. The predicted molar refractivity (Wildman–Crippen MR) is 105 cm³/mol. The van der Waals surface area contributed by atoms with Crippen molar-refractivity contribution in [1.82, 2.24) is 4.90 Å². The zero-order valence-corrected chi connectivity index (χ0v) is 15.5. The molecule has 1 fully saturated rings. The number of methoxy groups -OCH3 is 1. The molecule has 0 bridgehead atoms. The average Bonchev–Trinajstić information content (AvgIpc) is 2.91. The van der Waals surface area contributed by atoms with Crippen molar-refractivity contribution in [2.75, 3.05) is 32.1 Å². The zero-order chi connectivity index (χ0) is 19.3. The van der Waals surface area contributed by atoms with E-state index in [1.165, 1.54) is 0 Å².